The molecule has 4 rings (SSSR count). The number of aromatic amines is 1. The highest BCUT2D eigenvalue weighted by Gasteiger charge is 2.34. The number of H-pyrrole nitrogens is 1. The molecular weight excluding hydrogens is 290 g/mol. The van der Waals surface area contributed by atoms with E-state index < -0.39 is 0 Å². The third-order valence-corrected chi connectivity index (χ3v) is 4.87. The van der Waals surface area contributed by atoms with Crippen LogP contribution in [-0.2, 0) is 13.0 Å². The lowest BCUT2D eigenvalue weighted by Crippen LogP contribution is -2.33. The first kappa shape index (κ1) is 14.4. The molecule has 2 aromatic heterocycles. The highest BCUT2D eigenvalue weighted by Crippen LogP contribution is 2.32. The molecule has 6 nitrogen and oxygen atoms in total. The fourth-order valence-electron chi connectivity index (χ4n) is 3.63. The van der Waals surface area contributed by atoms with Gasteiger partial charge < -0.3 is 9.80 Å². The summed E-state index contributed by atoms with van der Waals surface area (Å²) in [5.74, 6) is 0.0333. The summed E-state index contributed by atoms with van der Waals surface area (Å²) in [6.45, 7) is 2.57. The molecule has 6 heteroatoms. The number of hydrogen-bond acceptors (Lipinski definition) is 4. The van der Waals surface area contributed by atoms with Gasteiger partial charge in [0.05, 0.1) is 11.7 Å². The molecule has 0 aliphatic carbocycles. The predicted molar refractivity (Wildman–Crippen MR) is 85.9 cm³/mol. The van der Waals surface area contributed by atoms with E-state index in [0.29, 0.717) is 5.69 Å². The quantitative estimate of drug-likeness (QED) is 0.918. The Kier molecular flexibility index (Phi) is 3.61. The summed E-state index contributed by atoms with van der Waals surface area (Å²) in [7, 11) is 2.08. The van der Waals surface area contributed by atoms with Gasteiger partial charge in [0.25, 0.3) is 5.91 Å². The number of amides is 1. The zero-order valence-corrected chi connectivity index (χ0v) is 13.3. The van der Waals surface area contributed by atoms with E-state index in [1.807, 2.05) is 23.1 Å². The summed E-state index contributed by atoms with van der Waals surface area (Å²) < 4.78 is 0. The maximum atomic E-state index is 13.1. The predicted octanol–water partition coefficient (Wildman–Crippen LogP) is 1.77. The number of fused-ring (bicyclic) bond motifs is 1. The molecule has 4 heterocycles. The third-order valence-electron chi connectivity index (χ3n) is 4.87. The van der Waals surface area contributed by atoms with Crippen LogP contribution in [0.15, 0.2) is 24.4 Å². The average Bonchev–Trinajstić information content (AvgIpc) is 3.21. The molecule has 1 fully saturated rings. The van der Waals surface area contributed by atoms with Crippen molar-refractivity contribution >= 4 is 5.91 Å². The maximum absolute atomic E-state index is 13.1. The lowest BCUT2D eigenvalue weighted by atomic mass is 10.0. The van der Waals surface area contributed by atoms with Crippen LogP contribution < -0.4 is 0 Å². The number of likely N-dealkylation sites (N-methyl/N-ethyl adjacent to an activating group) is 1. The van der Waals surface area contributed by atoms with E-state index in [2.05, 4.69) is 27.1 Å². The van der Waals surface area contributed by atoms with Crippen molar-refractivity contribution in [1.29, 1.82) is 0 Å². The highest BCUT2D eigenvalue weighted by atomic mass is 16.2. The van der Waals surface area contributed by atoms with Crippen LogP contribution >= 0.6 is 0 Å². The largest absolute Gasteiger partial charge is 0.329 e. The summed E-state index contributed by atoms with van der Waals surface area (Å²) >= 11 is 0. The molecule has 0 bridgehead atoms. The van der Waals surface area contributed by atoms with Gasteiger partial charge in [-0.05, 0) is 32.0 Å². The number of hydrogen-bond donors (Lipinski definition) is 1. The smallest absolute Gasteiger partial charge is 0.275 e. The van der Waals surface area contributed by atoms with E-state index in [1.165, 1.54) is 0 Å². The fraction of sp³-hybridized carbons (Fsp3) is 0.471. The zero-order valence-electron chi connectivity index (χ0n) is 13.3. The molecule has 0 aromatic carbocycles. The molecule has 0 unspecified atom stereocenters. The number of nitrogens with one attached hydrogen (secondary N) is 1. The van der Waals surface area contributed by atoms with Crippen molar-refractivity contribution in [3.63, 3.8) is 0 Å². The van der Waals surface area contributed by atoms with Crippen LogP contribution in [0.1, 0.15) is 46.3 Å². The first-order valence-corrected chi connectivity index (χ1v) is 8.20. The number of carbonyl (C=O) groups excluding carboxylic acids is 1. The Morgan fingerprint density at radius 3 is 3.09 bits per heavy atom. The zero-order chi connectivity index (χ0) is 15.8. The Morgan fingerprint density at radius 1 is 1.35 bits per heavy atom. The number of carbonyl (C=O) groups is 1. The minimum Gasteiger partial charge on any atom is -0.329 e. The van der Waals surface area contributed by atoms with Gasteiger partial charge in [-0.25, -0.2) is 0 Å². The van der Waals surface area contributed by atoms with Gasteiger partial charge in [0.15, 0.2) is 5.69 Å². The van der Waals surface area contributed by atoms with Crippen molar-refractivity contribution < 1.29 is 4.79 Å². The van der Waals surface area contributed by atoms with Crippen LogP contribution in [0.4, 0.5) is 0 Å². The second kappa shape index (κ2) is 5.77. The van der Waals surface area contributed by atoms with Crippen molar-refractivity contribution in [1.82, 2.24) is 25.0 Å². The lowest BCUT2D eigenvalue weighted by molar-refractivity contribution is 0.0724. The molecule has 120 valence electrons. The van der Waals surface area contributed by atoms with Crippen LogP contribution in [0.2, 0.25) is 0 Å². The first-order valence-electron chi connectivity index (χ1n) is 8.20. The lowest BCUT2D eigenvalue weighted by Gasteiger charge is -2.26. The van der Waals surface area contributed by atoms with E-state index in [4.69, 9.17) is 0 Å². The van der Waals surface area contributed by atoms with Crippen LogP contribution in [0, 0.1) is 0 Å². The van der Waals surface area contributed by atoms with Crippen molar-refractivity contribution in [3.8, 4) is 0 Å². The SMILES string of the molecule is CN1CCc2[nH]nc(C(=O)N3CCC[C@H]3c3ccccn3)c2C1. The summed E-state index contributed by atoms with van der Waals surface area (Å²) in [6, 6.07) is 5.96. The summed E-state index contributed by atoms with van der Waals surface area (Å²) in [6.07, 6.45) is 4.70. The number of rotatable bonds is 2. The van der Waals surface area contributed by atoms with Crippen molar-refractivity contribution in [2.45, 2.75) is 31.8 Å². The van der Waals surface area contributed by atoms with E-state index in [0.717, 1.165) is 55.8 Å². The van der Waals surface area contributed by atoms with Gasteiger partial charge in [-0.15, -0.1) is 0 Å². The van der Waals surface area contributed by atoms with Crippen LogP contribution in [0.3, 0.4) is 0 Å². The number of nitrogens with zero attached hydrogens (tertiary/aromatic N) is 4. The molecule has 1 atom stereocenters. The fourth-order valence-corrected chi connectivity index (χ4v) is 3.63. The summed E-state index contributed by atoms with van der Waals surface area (Å²) in [4.78, 5) is 21.7. The number of likely N-dealkylation sites (tertiary alicyclic amines) is 1. The van der Waals surface area contributed by atoms with E-state index in [9.17, 15) is 4.79 Å². The molecular formula is C17H21N5O. The monoisotopic (exact) mass is 311 g/mol. The molecule has 2 aliphatic rings. The Hall–Kier alpha value is -2.21. The molecule has 2 aromatic rings. The molecule has 1 amide bonds. The van der Waals surface area contributed by atoms with Gasteiger partial charge in [0.2, 0.25) is 0 Å². The molecule has 23 heavy (non-hydrogen) atoms. The Balaban J connectivity index is 1.63. The standard InChI is InChI=1S/C17H21N5O/c1-21-10-7-13-12(11-21)16(20-19-13)17(23)22-9-4-6-15(22)14-5-2-3-8-18-14/h2-3,5,8,15H,4,6-7,9-11H2,1H3,(H,19,20)/t15-/m0/s1. The van der Waals surface area contributed by atoms with E-state index >= 15 is 0 Å². The summed E-state index contributed by atoms with van der Waals surface area (Å²) in [5.41, 5.74) is 3.74. The normalized spacial score (nSPS) is 21.4. The van der Waals surface area contributed by atoms with Crippen molar-refractivity contribution in [2.75, 3.05) is 20.1 Å². The van der Waals surface area contributed by atoms with Crippen LogP contribution in [-0.4, -0.2) is 51.0 Å². The van der Waals surface area contributed by atoms with Crippen LogP contribution in [0.25, 0.3) is 0 Å². The molecule has 1 N–H and O–H groups in total. The van der Waals surface area contributed by atoms with Gasteiger partial charge in [-0.1, -0.05) is 6.07 Å². The first-order chi connectivity index (χ1) is 11.2. The number of aromatic nitrogens is 3. The summed E-state index contributed by atoms with van der Waals surface area (Å²) in [5, 5.41) is 7.41. The van der Waals surface area contributed by atoms with Gasteiger partial charge >= 0.3 is 0 Å². The van der Waals surface area contributed by atoms with Crippen molar-refractivity contribution in [2.24, 2.45) is 0 Å². The van der Waals surface area contributed by atoms with E-state index in [1.54, 1.807) is 6.20 Å². The number of pyridine rings is 1. The minimum atomic E-state index is 0.0333. The van der Waals surface area contributed by atoms with E-state index in [-0.39, 0.29) is 11.9 Å². The molecule has 0 radical (unpaired) electrons. The van der Waals surface area contributed by atoms with Gasteiger partial charge in [0, 0.05) is 43.5 Å². The molecule has 0 spiro atoms. The maximum Gasteiger partial charge on any atom is 0.275 e. The van der Waals surface area contributed by atoms with Gasteiger partial charge in [0.1, 0.15) is 0 Å². The Bertz CT molecular complexity index is 711. The minimum absolute atomic E-state index is 0.0333. The second-order valence-corrected chi connectivity index (χ2v) is 6.43. The Labute approximate surface area is 135 Å². The molecule has 0 saturated carbocycles. The molecule has 2 aliphatic heterocycles. The van der Waals surface area contributed by atoms with Gasteiger partial charge in [-0.2, -0.15) is 5.10 Å². The Morgan fingerprint density at radius 2 is 2.26 bits per heavy atom. The van der Waals surface area contributed by atoms with Crippen LogP contribution in [0.5, 0.6) is 0 Å². The van der Waals surface area contributed by atoms with Crippen molar-refractivity contribution in [3.05, 3.63) is 47.0 Å². The second-order valence-electron chi connectivity index (χ2n) is 6.43. The topological polar surface area (TPSA) is 65.1 Å². The third kappa shape index (κ3) is 2.53. The highest BCUT2D eigenvalue weighted by molar-refractivity contribution is 5.94. The van der Waals surface area contributed by atoms with Gasteiger partial charge in [-0.3, -0.25) is 14.9 Å². The molecule has 1 saturated heterocycles. The average molecular weight is 311 g/mol.